The van der Waals surface area contributed by atoms with Crippen molar-refractivity contribution in [2.24, 2.45) is 0 Å². The van der Waals surface area contributed by atoms with Gasteiger partial charge >= 0.3 is 0 Å². The smallest absolute Gasteiger partial charge is 0.133 e. The first-order chi connectivity index (χ1) is 6.65. The van der Waals surface area contributed by atoms with Crippen LogP contribution in [0, 0.1) is 13.8 Å². The van der Waals surface area contributed by atoms with Gasteiger partial charge in [-0.15, -0.1) is 0 Å². The third-order valence-corrected chi connectivity index (χ3v) is 2.71. The zero-order chi connectivity index (χ0) is 10.6. The number of methoxy groups -OCH3 is 1. The Balaban J connectivity index is 2.72. The Morgan fingerprint density at radius 2 is 1.79 bits per heavy atom. The minimum Gasteiger partial charge on any atom is -0.490 e. The summed E-state index contributed by atoms with van der Waals surface area (Å²) in [7, 11) is 1.67. The molecule has 0 saturated carbocycles. The number of aryl methyl sites for hydroxylation is 2. The third-order valence-electron chi connectivity index (χ3n) is 2.09. The predicted molar refractivity (Wildman–Crippen MR) is 61.0 cm³/mol. The van der Waals surface area contributed by atoms with Crippen molar-refractivity contribution in [1.29, 1.82) is 0 Å². The lowest BCUT2D eigenvalue weighted by atomic mass is 10.1. The zero-order valence-corrected chi connectivity index (χ0v) is 10.3. The second-order valence-electron chi connectivity index (χ2n) is 3.21. The molecule has 0 aliphatic heterocycles. The van der Waals surface area contributed by atoms with Crippen molar-refractivity contribution in [2.45, 2.75) is 13.8 Å². The summed E-state index contributed by atoms with van der Waals surface area (Å²) in [5.74, 6) is 0.880. The van der Waals surface area contributed by atoms with Gasteiger partial charge in [0.1, 0.15) is 12.4 Å². The predicted octanol–water partition coefficient (Wildman–Crippen LogP) is 3.09. The maximum Gasteiger partial charge on any atom is 0.133 e. The van der Waals surface area contributed by atoms with E-state index in [0.717, 1.165) is 10.2 Å². The summed E-state index contributed by atoms with van der Waals surface area (Å²) in [6.07, 6.45) is 0. The summed E-state index contributed by atoms with van der Waals surface area (Å²) in [6.45, 7) is 5.35. The maximum atomic E-state index is 5.54. The molecule has 0 saturated heterocycles. The van der Waals surface area contributed by atoms with E-state index in [0.29, 0.717) is 13.2 Å². The topological polar surface area (TPSA) is 18.5 Å². The van der Waals surface area contributed by atoms with Gasteiger partial charge in [0.2, 0.25) is 0 Å². The summed E-state index contributed by atoms with van der Waals surface area (Å²) < 4.78 is 11.5. The molecule has 0 bridgehead atoms. The van der Waals surface area contributed by atoms with Crippen molar-refractivity contribution < 1.29 is 9.47 Å². The van der Waals surface area contributed by atoms with Gasteiger partial charge in [-0.1, -0.05) is 0 Å². The number of ether oxygens (including phenoxy) is 2. The molecule has 0 radical (unpaired) electrons. The average Bonchev–Trinajstić information content (AvgIpc) is 2.14. The van der Waals surface area contributed by atoms with Gasteiger partial charge in [-0.05, 0) is 53.0 Å². The molecule has 1 aromatic carbocycles. The molecule has 0 spiro atoms. The van der Waals surface area contributed by atoms with E-state index in [1.165, 1.54) is 11.1 Å². The van der Waals surface area contributed by atoms with Gasteiger partial charge in [-0.3, -0.25) is 0 Å². The molecule has 0 fully saturated rings. The highest BCUT2D eigenvalue weighted by Crippen LogP contribution is 2.28. The molecule has 1 rings (SSSR count). The van der Waals surface area contributed by atoms with Crippen molar-refractivity contribution in [3.8, 4) is 5.75 Å². The summed E-state index contributed by atoms with van der Waals surface area (Å²) in [4.78, 5) is 0. The first-order valence-corrected chi connectivity index (χ1v) is 5.33. The Morgan fingerprint density at radius 3 is 2.43 bits per heavy atom. The number of halogens is 1. The molecule has 0 unspecified atom stereocenters. The first kappa shape index (κ1) is 11.5. The third kappa shape index (κ3) is 3.00. The average molecular weight is 259 g/mol. The second-order valence-corrected chi connectivity index (χ2v) is 4.06. The molecular formula is C11H15BrO2. The number of hydrogen-bond donors (Lipinski definition) is 0. The Labute approximate surface area is 93.4 Å². The molecule has 78 valence electrons. The highest BCUT2D eigenvalue weighted by atomic mass is 79.9. The van der Waals surface area contributed by atoms with Gasteiger partial charge in [0.15, 0.2) is 0 Å². The lowest BCUT2D eigenvalue weighted by Gasteiger charge is -2.10. The molecule has 0 aliphatic carbocycles. The Hall–Kier alpha value is -0.540. The molecular weight excluding hydrogens is 244 g/mol. The molecule has 0 atom stereocenters. The summed E-state index contributed by atoms with van der Waals surface area (Å²) in [5.41, 5.74) is 2.50. The molecule has 2 nitrogen and oxygen atoms in total. The molecule has 3 heteroatoms. The molecule has 0 aromatic heterocycles. The Morgan fingerprint density at radius 1 is 1.14 bits per heavy atom. The van der Waals surface area contributed by atoms with Crippen molar-refractivity contribution >= 4 is 15.9 Å². The summed E-state index contributed by atoms with van der Waals surface area (Å²) in [6, 6.07) is 4.10. The lowest BCUT2D eigenvalue weighted by molar-refractivity contribution is 0.146. The maximum absolute atomic E-state index is 5.54. The van der Waals surface area contributed by atoms with Crippen LogP contribution in [-0.4, -0.2) is 20.3 Å². The summed E-state index contributed by atoms with van der Waals surface area (Å²) in [5, 5.41) is 0. The van der Waals surface area contributed by atoms with Crippen LogP contribution in [0.25, 0.3) is 0 Å². The fourth-order valence-corrected chi connectivity index (χ4v) is 1.67. The van der Waals surface area contributed by atoms with Crippen molar-refractivity contribution in [3.63, 3.8) is 0 Å². The molecule has 14 heavy (non-hydrogen) atoms. The quantitative estimate of drug-likeness (QED) is 0.773. The molecule has 0 amide bonds. The number of benzene rings is 1. The van der Waals surface area contributed by atoms with Gasteiger partial charge < -0.3 is 9.47 Å². The zero-order valence-electron chi connectivity index (χ0n) is 8.76. The van der Waals surface area contributed by atoms with E-state index in [9.17, 15) is 0 Å². The second kappa shape index (κ2) is 5.37. The van der Waals surface area contributed by atoms with E-state index >= 15 is 0 Å². The van der Waals surface area contributed by atoms with Crippen LogP contribution in [0.1, 0.15) is 11.1 Å². The van der Waals surface area contributed by atoms with Crippen LogP contribution >= 0.6 is 15.9 Å². The largest absolute Gasteiger partial charge is 0.490 e. The standard InChI is InChI=1S/C11H15BrO2/c1-8-6-10(12)11(7-9(8)2)14-5-4-13-3/h6-7H,4-5H2,1-3H3. The van der Waals surface area contributed by atoms with Gasteiger partial charge in [0.25, 0.3) is 0 Å². The number of hydrogen-bond acceptors (Lipinski definition) is 2. The minimum atomic E-state index is 0.581. The SMILES string of the molecule is COCCOc1cc(C)c(C)cc1Br. The van der Waals surface area contributed by atoms with Gasteiger partial charge in [-0.2, -0.15) is 0 Å². The van der Waals surface area contributed by atoms with Crippen molar-refractivity contribution in [1.82, 2.24) is 0 Å². The van der Waals surface area contributed by atoms with Crippen LogP contribution < -0.4 is 4.74 Å². The fourth-order valence-electron chi connectivity index (χ4n) is 1.10. The van der Waals surface area contributed by atoms with E-state index in [-0.39, 0.29) is 0 Å². The molecule has 0 aliphatic rings. The van der Waals surface area contributed by atoms with E-state index < -0.39 is 0 Å². The minimum absolute atomic E-state index is 0.581. The Bertz CT molecular complexity index is 310. The monoisotopic (exact) mass is 258 g/mol. The van der Waals surface area contributed by atoms with E-state index in [1.54, 1.807) is 7.11 Å². The highest BCUT2D eigenvalue weighted by molar-refractivity contribution is 9.10. The van der Waals surface area contributed by atoms with Gasteiger partial charge in [0.05, 0.1) is 11.1 Å². The van der Waals surface area contributed by atoms with Crippen LogP contribution in [0.2, 0.25) is 0 Å². The highest BCUT2D eigenvalue weighted by Gasteiger charge is 2.03. The van der Waals surface area contributed by atoms with Crippen molar-refractivity contribution in [3.05, 3.63) is 27.7 Å². The van der Waals surface area contributed by atoms with Crippen molar-refractivity contribution in [2.75, 3.05) is 20.3 Å². The van der Waals surface area contributed by atoms with Gasteiger partial charge in [0, 0.05) is 7.11 Å². The lowest BCUT2D eigenvalue weighted by Crippen LogP contribution is -2.04. The normalized spacial score (nSPS) is 10.3. The van der Waals surface area contributed by atoms with Crippen LogP contribution in [0.5, 0.6) is 5.75 Å². The summed E-state index contributed by atoms with van der Waals surface area (Å²) >= 11 is 3.47. The molecule has 0 N–H and O–H groups in total. The fraction of sp³-hybridized carbons (Fsp3) is 0.455. The Kier molecular flexibility index (Phi) is 4.42. The van der Waals surface area contributed by atoms with Crippen LogP contribution in [0.15, 0.2) is 16.6 Å². The number of rotatable bonds is 4. The van der Waals surface area contributed by atoms with E-state index in [2.05, 4.69) is 35.8 Å². The van der Waals surface area contributed by atoms with E-state index in [4.69, 9.17) is 9.47 Å². The van der Waals surface area contributed by atoms with Gasteiger partial charge in [-0.25, -0.2) is 0 Å². The van der Waals surface area contributed by atoms with Crippen LogP contribution in [0.3, 0.4) is 0 Å². The molecule has 1 aromatic rings. The van der Waals surface area contributed by atoms with Crippen LogP contribution in [0.4, 0.5) is 0 Å². The van der Waals surface area contributed by atoms with E-state index in [1.807, 2.05) is 6.07 Å². The molecule has 0 heterocycles. The van der Waals surface area contributed by atoms with Crippen LogP contribution in [-0.2, 0) is 4.74 Å². The first-order valence-electron chi connectivity index (χ1n) is 4.53.